The number of hydrogen-bond acceptors (Lipinski definition) is 15. The molecular weight excluding hydrogens is 1220 g/mol. The average molecular weight is 1370 g/mol. The number of aliphatic hydroxyl groups excluding tert-OH is 1. The summed E-state index contributed by atoms with van der Waals surface area (Å²) >= 11 is 0. The van der Waals surface area contributed by atoms with Crippen molar-refractivity contribution in [2.24, 2.45) is 23.7 Å². The number of phosphoric acid groups is 2. The second-order valence-electron chi connectivity index (χ2n) is 28.6. The number of unbranched alkanes of at least 4 members (excludes halogenated alkanes) is 37. The van der Waals surface area contributed by atoms with Crippen molar-refractivity contribution in [2.75, 3.05) is 39.6 Å². The number of carbonyl (C=O) groups excluding carboxylic acids is 4. The number of esters is 4. The van der Waals surface area contributed by atoms with Crippen LogP contribution in [0.1, 0.15) is 370 Å². The van der Waals surface area contributed by atoms with Gasteiger partial charge in [0.2, 0.25) is 0 Å². The van der Waals surface area contributed by atoms with Crippen molar-refractivity contribution in [3.63, 3.8) is 0 Å². The molecule has 0 aliphatic carbocycles. The largest absolute Gasteiger partial charge is 0.472 e. The standard InChI is InChI=1S/C74H144O17P2/c1-64(2)50-42-34-26-20-14-12-10-9-11-13-15-24-30-40-48-56-73(78)90-69(60-84-71(76)54-46-38-29-23-18-16-21-27-35-43-51-65(3)4)62-88-92(80,81)86-58-68(75)59-87-93(82,83)89-63-70(61-85-72(77)55-47-39-33-32-37-45-53-67(7)8)91-74(79)57-49-41-31-25-19-17-22-28-36-44-52-66(5)6/h64-70,75H,9-63H2,1-8H3,(H,80,81)(H,82,83)/t68-,69-,70-/m1/s1. The summed E-state index contributed by atoms with van der Waals surface area (Å²) in [4.78, 5) is 72.7. The van der Waals surface area contributed by atoms with Crippen LogP contribution in [0.4, 0.5) is 0 Å². The topological polar surface area (TPSA) is 237 Å². The van der Waals surface area contributed by atoms with Gasteiger partial charge in [0.1, 0.15) is 19.3 Å². The summed E-state index contributed by atoms with van der Waals surface area (Å²) in [7, 11) is -9.91. The van der Waals surface area contributed by atoms with E-state index in [1.807, 2.05) is 0 Å². The van der Waals surface area contributed by atoms with E-state index in [2.05, 4.69) is 55.4 Å². The SMILES string of the molecule is CC(C)CCCCCCCCCCCCCCCCCC(=O)O[C@H](COC(=O)CCCCCCCCCCCCC(C)C)COP(=O)(O)OC[C@@H](O)COP(=O)(O)OC[C@@H](COC(=O)CCCCCCCCC(C)C)OC(=O)CCCCCCCCCCCCC(C)C. The van der Waals surface area contributed by atoms with Crippen molar-refractivity contribution in [3.05, 3.63) is 0 Å². The van der Waals surface area contributed by atoms with Crippen LogP contribution >= 0.6 is 15.6 Å². The summed E-state index contributed by atoms with van der Waals surface area (Å²) in [5.41, 5.74) is 0. The number of phosphoric ester groups is 2. The summed E-state index contributed by atoms with van der Waals surface area (Å²) in [6, 6.07) is 0. The van der Waals surface area contributed by atoms with Crippen molar-refractivity contribution < 1.29 is 80.2 Å². The van der Waals surface area contributed by atoms with Gasteiger partial charge >= 0.3 is 39.5 Å². The molecule has 0 amide bonds. The van der Waals surface area contributed by atoms with Crippen LogP contribution in [0.3, 0.4) is 0 Å². The summed E-state index contributed by atoms with van der Waals surface area (Å²) in [5, 5.41) is 10.6. The molecule has 0 heterocycles. The maximum absolute atomic E-state index is 13.1. The minimum absolute atomic E-state index is 0.104. The molecule has 552 valence electrons. The van der Waals surface area contributed by atoms with Crippen LogP contribution in [0.2, 0.25) is 0 Å². The molecule has 0 aromatic heterocycles. The fraction of sp³-hybridized carbons (Fsp3) is 0.946. The summed E-state index contributed by atoms with van der Waals surface area (Å²) < 4.78 is 68.4. The monoisotopic (exact) mass is 1370 g/mol. The molecule has 19 heteroatoms. The van der Waals surface area contributed by atoms with Crippen LogP contribution in [0, 0.1) is 23.7 Å². The lowest BCUT2D eigenvalue weighted by Crippen LogP contribution is -2.30. The smallest absolute Gasteiger partial charge is 0.462 e. The van der Waals surface area contributed by atoms with Crippen LogP contribution in [0.5, 0.6) is 0 Å². The molecule has 0 aromatic carbocycles. The first-order valence-electron chi connectivity index (χ1n) is 38.2. The first-order valence-corrected chi connectivity index (χ1v) is 41.2. The van der Waals surface area contributed by atoms with Gasteiger partial charge in [-0.05, 0) is 49.4 Å². The summed E-state index contributed by atoms with van der Waals surface area (Å²) in [6.45, 7) is 14.1. The Morgan fingerprint density at radius 1 is 0.269 bits per heavy atom. The Labute approximate surface area is 568 Å². The highest BCUT2D eigenvalue weighted by Gasteiger charge is 2.30. The number of hydrogen-bond donors (Lipinski definition) is 3. The molecule has 0 spiro atoms. The molecule has 0 aromatic rings. The van der Waals surface area contributed by atoms with Crippen LogP contribution in [0.25, 0.3) is 0 Å². The fourth-order valence-electron chi connectivity index (χ4n) is 11.2. The Morgan fingerprint density at radius 3 is 0.667 bits per heavy atom. The van der Waals surface area contributed by atoms with E-state index in [9.17, 15) is 43.2 Å². The Kier molecular flexibility index (Phi) is 62.2. The molecule has 0 saturated heterocycles. The lowest BCUT2D eigenvalue weighted by molar-refractivity contribution is -0.161. The number of rotatable bonds is 71. The molecule has 17 nitrogen and oxygen atoms in total. The zero-order chi connectivity index (χ0) is 68.9. The fourth-order valence-corrected chi connectivity index (χ4v) is 12.8. The number of aliphatic hydroxyl groups is 1. The van der Waals surface area contributed by atoms with E-state index in [1.165, 1.54) is 167 Å². The predicted octanol–water partition coefficient (Wildman–Crippen LogP) is 21.3. The molecule has 3 N–H and O–H groups in total. The van der Waals surface area contributed by atoms with E-state index in [0.717, 1.165) is 114 Å². The highest BCUT2D eigenvalue weighted by Crippen LogP contribution is 2.45. The van der Waals surface area contributed by atoms with E-state index in [-0.39, 0.29) is 25.7 Å². The maximum Gasteiger partial charge on any atom is 0.472 e. The van der Waals surface area contributed by atoms with Crippen LogP contribution < -0.4 is 0 Å². The van der Waals surface area contributed by atoms with E-state index in [1.54, 1.807) is 0 Å². The normalized spacial score (nSPS) is 14.2. The minimum Gasteiger partial charge on any atom is -0.462 e. The van der Waals surface area contributed by atoms with Gasteiger partial charge in [-0.2, -0.15) is 0 Å². The van der Waals surface area contributed by atoms with Gasteiger partial charge in [0.25, 0.3) is 0 Å². The molecule has 0 bridgehead atoms. The third kappa shape index (κ3) is 68.4. The van der Waals surface area contributed by atoms with E-state index < -0.39 is 97.5 Å². The lowest BCUT2D eigenvalue weighted by atomic mass is 10.0. The summed E-state index contributed by atoms with van der Waals surface area (Å²) in [6.07, 6.45) is 47.3. The molecule has 0 rings (SSSR count). The number of ether oxygens (including phenoxy) is 4. The van der Waals surface area contributed by atoms with Gasteiger partial charge in [-0.25, -0.2) is 9.13 Å². The molecule has 5 atom stereocenters. The molecular formula is C74H144O17P2. The van der Waals surface area contributed by atoms with Crippen molar-refractivity contribution >= 4 is 39.5 Å². The lowest BCUT2D eigenvalue weighted by Gasteiger charge is -2.21. The Morgan fingerprint density at radius 2 is 0.452 bits per heavy atom. The minimum atomic E-state index is -4.96. The molecule has 0 aliphatic heterocycles. The second kappa shape index (κ2) is 63.5. The third-order valence-corrected chi connectivity index (χ3v) is 19.0. The Hall–Kier alpha value is -1.94. The molecule has 0 aliphatic rings. The van der Waals surface area contributed by atoms with E-state index in [4.69, 9.17) is 37.0 Å². The predicted molar refractivity (Wildman–Crippen MR) is 377 cm³/mol. The van der Waals surface area contributed by atoms with Crippen molar-refractivity contribution in [3.8, 4) is 0 Å². The maximum atomic E-state index is 13.1. The molecule has 93 heavy (non-hydrogen) atoms. The van der Waals surface area contributed by atoms with Gasteiger partial charge in [-0.3, -0.25) is 37.3 Å². The van der Waals surface area contributed by atoms with E-state index in [0.29, 0.717) is 31.6 Å². The second-order valence-corrected chi connectivity index (χ2v) is 31.5. The van der Waals surface area contributed by atoms with Crippen LogP contribution in [0.15, 0.2) is 0 Å². The van der Waals surface area contributed by atoms with Gasteiger partial charge < -0.3 is 33.8 Å². The molecule has 2 unspecified atom stereocenters. The number of carbonyl (C=O) groups is 4. The average Bonchev–Trinajstić information content (AvgIpc) is 2.02. The van der Waals surface area contributed by atoms with Crippen molar-refractivity contribution in [1.82, 2.24) is 0 Å². The third-order valence-electron chi connectivity index (χ3n) is 17.1. The van der Waals surface area contributed by atoms with Crippen molar-refractivity contribution in [2.45, 2.75) is 388 Å². The van der Waals surface area contributed by atoms with Crippen LogP contribution in [-0.2, 0) is 65.4 Å². The van der Waals surface area contributed by atoms with Gasteiger partial charge in [0, 0.05) is 25.7 Å². The van der Waals surface area contributed by atoms with E-state index >= 15 is 0 Å². The molecule has 0 fully saturated rings. The first kappa shape index (κ1) is 91.1. The van der Waals surface area contributed by atoms with Crippen LogP contribution in [-0.4, -0.2) is 96.7 Å². The molecule has 0 saturated carbocycles. The molecule has 0 radical (unpaired) electrons. The van der Waals surface area contributed by atoms with Gasteiger partial charge in [-0.15, -0.1) is 0 Å². The zero-order valence-electron chi connectivity index (χ0n) is 60.9. The highest BCUT2D eigenvalue weighted by molar-refractivity contribution is 7.47. The Balaban J connectivity index is 5.23. The first-order chi connectivity index (χ1) is 44.6. The van der Waals surface area contributed by atoms with Crippen molar-refractivity contribution in [1.29, 1.82) is 0 Å². The van der Waals surface area contributed by atoms with Gasteiger partial charge in [-0.1, -0.05) is 319 Å². The zero-order valence-corrected chi connectivity index (χ0v) is 62.7. The quantitative estimate of drug-likeness (QED) is 0.0222. The Bertz CT molecular complexity index is 1830. The van der Waals surface area contributed by atoms with Gasteiger partial charge in [0.05, 0.1) is 26.4 Å². The highest BCUT2D eigenvalue weighted by atomic mass is 31.2. The van der Waals surface area contributed by atoms with Gasteiger partial charge in [0.15, 0.2) is 12.2 Å². The summed E-state index contributed by atoms with van der Waals surface area (Å²) in [5.74, 6) is 0.867.